The maximum absolute atomic E-state index is 12.2. The van der Waals surface area contributed by atoms with Gasteiger partial charge in [0, 0.05) is 28.7 Å². The van der Waals surface area contributed by atoms with Crippen LogP contribution in [-0.2, 0) is 4.79 Å². The highest BCUT2D eigenvalue weighted by atomic mass is 79.9. The minimum Gasteiger partial charge on any atom is -0.490 e. The molecule has 2 amide bonds. The van der Waals surface area contributed by atoms with Gasteiger partial charge in [0.1, 0.15) is 5.75 Å². The Hall–Kier alpha value is -2.34. The zero-order valence-corrected chi connectivity index (χ0v) is 17.6. The molecule has 1 aliphatic rings. The second-order valence-electron chi connectivity index (χ2n) is 7.06. The number of carbonyl (C=O) groups is 2. The Morgan fingerprint density at radius 2 is 1.82 bits per heavy atom. The van der Waals surface area contributed by atoms with Crippen LogP contribution in [0.15, 0.2) is 46.9 Å². The Labute approximate surface area is 174 Å². The predicted molar refractivity (Wildman–Crippen MR) is 114 cm³/mol. The Kier molecular flexibility index (Phi) is 7.09. The Morgan fingerprint density at radius 1 is 1.11 bits per heavy atom. The summed E-state index contributed by atoms with van der Waals surface area (Å²) in [6, 6.07) is 12.9. The van der Waals surface area contributed by atoms with E-state index in [2.05, 4.69) is 26.6 Å². The van der Waals surface area contributed by atoms with Gasteiger partial charge in [-0.2, -0.15) is 0 Å². The van der Waals surface area contributed by atoms with Crippen LogP contribution in [-0.4, -0.2) is 24.5 Å². The van der Waals surface area contributed by atoms with E-state index in [9.17, 15) is 9.59 Å². The van der Waals surface area contributed by atoms with E-state index in [4.69, 9.17) is 4.74 Å². The number of aryl methyl sites for hydroxylation is 1. The lowest BCUT2D eigenvalue weighted by molar-refractivity contribution is -0.116. The molecule has 148 valence electrons. The lowest BCUT2D eigenvalue weighted by atomic mass is 10.2. The van der Waals surface area contributed by atoms with E-state index in [1.54, 1.807) is 12.1 Å². The third kappa shape index (κ3) is 5.83. The molecule has 0 aromatic heterocycles. The number of rotatable bonds is 7. The molecule has 1 fully saturated rings. The zero-order valence-electron chi connectivity index (χ0n) is 16.0. The molecule has 0 atom stereocenters. The van der Waals surface area contributed by atoms with E-state index in [1.165, 1.54) is 12.8 Å². The standard InChI is InChI=1S/C22H25BrN2O3/c1-15-6-9-17(23)14-20(15)25-21(26)12-13-24-22(27)16-7-10-19(11-8-16)28-18-4-2-3-5-18/h6-11,14,18H,2-5,12-13H2,1H3,(H,24,27)(H,25,26). The normalized spacial score (nSPS) is 13.9. The fraction of sp³-hybridized carbons (Fsp3) is 0.364. The number of halogens is 1. The van der Waals surface area contributed by atoms with E-state index in [0.29, 0.717) is 11.7 Å². The third-order valence-electron chi connectivity index (χ3n) is 4.83. The second kappa shape index (κ2) is 9.73. The van der Waals surface area contributed by atoms with Crippen molar-refractivity contribution in [3.8, 4) is 5.75 Å². The molecule has 2 aromatic rings. The van der Waals surface area contributed by atoms with E-state index in [0.717, 1.165) is 34.3 Å². The first-order chi connectivity index (χ1) is 13.5. The van der Waals surface area contributed by atoms with Gasteiger partial charge in [0.2, 0.25) is 5.91 Å². The quantitative estimate of drug-likeness (QED) is 0.641. The van der Waals surface area contributed by atoms with Gasteiger partial charge in [0.15, 0.2) is 0 Å². The van der Waals surface area contributed by atoms with Crippen molar-refractivity contribution in [3.63, 3.8) is 0 Å². The van der Waals surface area contributed by atoms with Gasteiger partial charge in [-0.25, -0.2) is 0 Å². The zero-order chi connectivity index (χ0) is 19.9. The molecule has 2 aromatic carbocycles. The van der Waals surface area contributed by atoms with Crippen LogP contribution >= 0.6 is 15.9 Å². The molecular formula is C22H25BrN2O3. The summed E-state index contributed by atoms with van der Waals surface area (Å²) in [5.41, 5.74) is 2.31. The van der Waals surface area contributed by atoms with Crippen molar-refractivity contribution in [1.82, 2.24) is 5.32 Å². The van der Waals surface area contributed by atoms with Crippen molar-refractivity contribution >= 4 is 33.4 Å². The van der Waals surface area contributed by atoms with Gasteiger partial charge in [-0.3, -0.25) is 9.59 Å². The van der Waals surface area contributed by atoms with Crippen LogP contribution in [0.2, 0.25) is 0 Å². The van der Waals surface area contributed by atoms with Crippen LogP contribution in [0.4, 0.5) is 5.69 Å². The Morgan fingerprint density at radius 3 is 2.54 bits per heavy atom. The van der Waals surface area contributed by atoms with Gasteiger partial charge in [-0.05, 0) is 74.6 Å². The van der Waals surface area contributed by atoms with Gasteiger partial charge in [-0.15, -0.1) is 0 Å². The topological polar surface area (TPSA) is 67.4 Å². The summed E-state index contributed by atoms with van der Waals surface area (Å²) < 4.78 is 6.81. The van der Waals surface area contributed by atoms with E-state index < -0.39 is 0 Å². The molecule has 2 N–H and O–H groups in total. The average molecular weight is 445 g/mol. The summed E-state index contributed by atoms with van der Waals surface area (Å²) in [5.74, 6) is 0.466. The minimum atomic E-state index is -0.196. The molecule has 0 aliphatic heterocycles. The molecule has 0 heterocycles. The lowest BCUT2D eigenvalue weighted by Gasteiger charge is -2.13. The molecular weight excluding hydrogens is 420 g/mol. The van der Waals surface area contributed by atoms with Crippen molar-refractivity contribution in [2.45, 2.75) is 45.1 Å². The number of amides is 2. The van der Waals surface area contributed by atoms with Crippen LogP contribution in [0.3, 0.4) is 0 Å². The number of nitrogens with one attached hydrogen (secondary N) is 2. The van der Waals surface area contributed by atoms with Crippen molar-refractivity contribution in [3.05, 3.63) is 58.1 Å². The second-order valence-corrected chi connectivity index (χ2v) is 7.98. The lowest BCUT2D eigenvalue weighted by Crippen LogP contribution is -2.27. The molecule has 1 saturated carbocycles. The van der Waals surface area contributed by atoms with Crippen molar-refractivity contribution in [1.29, 1.82) is 0 Å². The highest BCUT2D eigenvalue weighted by molar-refractivity contribution is 9.10. The van der Waals surface area contributed by atoms with Gasteiger partial charge in [-0.1, -0.05) is 22.0 Å². The van der Waals surface area contributed by atoms with Crippen LogP contribution in [0.1, 0.15) is 48.0 Å². The Balaban J connectivity index is 1.43. The predicted octanol–water partition coefficient (Wildman–Crippen LogP) is 4.84. The van der Waals surface area contributed by atoms with Crippen LogP contribution in [0.5, 0.6) is 5.75 Å². The Bertz CT molecular complexity index is 830. The van der Waals surface area contributed by atoms with Crippen molar-refractivity contribution in [2.75, 3.05) is 11.9 Å². The number of benzene rings is 2. The van der Waals surface area contributed by atoms with E-state index >= 15 is 0 Å². The highest BCUT2D eigenvalue weighted by Gasteiger charge is 2.16. The number of hydrogen-bond acceptors (Lipinski definition) is 3. The molecule has 0 radical (unpaired) electrons. The summed E-state index contributed by atoms with van der Waals surface area (Å²) in [5, 5.41) is 5.65. The summed E-state index contributed by atoms with van der Waals surface area (Å²) >= 11 is 3.40. The van der Waals surface area contributed by atoms with Gasteiger partial charge < -0.3 is 15.4 Å². The first kappa shape index (κ1) is 20.4. The molecule has 0 saturated heterocycles. The molecule has 0 bridgehead atoms. The summed E-state index contributed by atoms with van der Waals surface area (Å²) in [6.45, 7) is 2.21. The van der Waals surface area contributed by atoms with Crippen molar-refractivity contribution < 1.29 is 14.3 Å². The average Bonchev–Trinajstić information content (AvgIpc) is 3.18. The minimum absolute atomic E-state index is 0.137. The molecule has 0 unspecified atom stereocenters. The van der Waals surface area contributed by atoms with Gasteiger partial charge in [0.25, 0.3) is 5.91 Å². The van der Waals surface area contributed by atoms with E-state index in [-0.39, 0.29) is 24.8 Å². The monoisotopic (exact) mass is 444 g/mol. The molecule has 6 heteroatoms. The van der Waals surface area contributed by atoms with Gasteiger partial charge in [0.05, 0.1) is 6.10 Å². The molecule has 1 aliphatic carbocycles. The van der Waals surface area contributed by atoms with Crippen LogP contribution in [0, 0.1) is 6.92 Å². The van der Waals surface area contributed by atoms with Gasteiger partial charge >= 0.3 is 0 Å². The summed E-state index contributed by atoms with van der Waals surface area (Å²) in [7, 11) is 0. The molecule has 5 nitrogen and oxygen atoms in total. The maximum Gasteiger partial charge on any atom is 0.251 e. The van der Waals surface area contributed by atoms with E-state index in [1.807, 2.05) is 37.3 Å². The number of anilines is 1. The van der Waals surface area contributed by atoms with Crippen LogP contribution < -0.4 is 15.4 Å². The first-order valence-electron chi connectivity index (χ1n) is 9.62. The number of ether oxygens (including phenoxy) is 1. The number of carbonyl (C=O) groups excluding carboxylic acids is 2. The molecule has 3 rings (SSSR count). The molecule has 0 spiro atoms. The molecule has 28 heavy (non-hydrogen) atoms. The SMILES string of the molecule is Cc1ccc(Br)cc1NC(=O)CCNC(=O)c1ccc(OC2CCCC2)cc1. The first-order valence-corrected chi connectivity index (χ1v) is 10.4. The third-order valence-corrected chi connectivity index (χ3v) is 5.33. The van der Waals surface area contributed by atoms with Crippen LogP contribution in [0.25, 0.3) is 0 Å². The maximum atomic E-state index is 12.2. The highest BCUT2D eigenvalue weighted by Crippen LogP contribution is 2.24. The fourth-order valence-corrected chi connectivity index (χ4v) is 3.58. The smallest absolute Gasteiger partial charge is 0.251 e. The van der Waals surface area contributed by atoms with Crippen molar-refractivity contribution in [2.24, 2.45) is 0 Å². The largest absolute Gasteiger partial charge is 0.490 e. The summed E-state index contributed by atoms with van der Waals surface area (Å²) in [6.07, 6.45) is 5.15. The fourth-order valence-electron chi connectivity index (χ4n) is 3.22. The number of hydrogen-bond donors (Lipinski definition) is 2. The summed E-state index contributed by atoms with van der Waals surface area (Å²) in [4.78, 5) is 24.4.